The highest BCUT2D eigenvalue weighted by Crippen LogP contribution is 2.38. The molecule has 3 aromatic carbocycles. The van der Waals surface area contributed by atoms with Crippen molar-refractivity contribution in [1.82, 2.24) is 0 Å². The lowest BCUT2D eigenvalue weighted by Gasteiger charge is -2.13. The summed E-state index contributed by atoms with van der Waals surface area (Å²) in [6, 6.07) is 29.5. The van der Waals surface area contributed by atoms with Gasteiger partial charge in [0.1, 0.15) is 0 Å². The minimum absolute atomic E-state index is 0.505. The van der Waals surface area contributed by atoms with Gasteiger partial charge in [0, 0.05) is 5.92 Å². The Labute approximate surface area is 126 Å². The molecular weight excluding hydrogens is 252 g/mol. The lowest BCUT2D eigenvalue weighted by molar-refractivity contribution is 0.787. The first-order valence-corrected chi connectivity index (χ1v) is 7.57. The van der Waals surface area contributed by atoms with Gasteiger partial charge in [0.15, 0.2) is 0 Å². The van der Waals surface area contributed by atoms with Crippen LogP contribution in [0, 0.1) is 6.07 Å². The fourth-order valence-electron chi connectivity index (χ4n) is 3.36. The Kier molecular flexibility index (Phi) is 3.08. The largest absolute Gasteiger partial charge is 0.0622 e. The van der Waals surface area contributed by atoms with Crippen LogP contribution in [0.1, 0.15) is 29.0 Å². The molecule has 1 radical (unpaired) electrons. The molecule has 1 atom stereocenters. The first kappa shape index (κ1) is 12.4. The summed E-state index contributed by atoms with van der Waals surface area (Å²) in [6.45, 7) is 0. The van der Waals surface area contributed by atoms with Gasteiger partial charge in [-0.05, 0) is 46.7 Å². The number of aryl methyl sites for hydroxylation is 1. The van der Waals surface area contributed by atoms with Gasteiger partial charge < -0.3 is 0 Å². The third-order valence-corrected chi connectivity index (χ3v) is 4.41. The van der Waals surface area contributed by atoms with E-state index in [9.17, 15) is 0 Å². The Morgan fingerprint density at radius 2 is 1.57 bits per heavy atom. The van der Waals surface area contributed by atoms with E-state index >= 15 is 0 Å². The second kappa shape index (κ2) is 5.21. The zero-order valence-corrected chi connectivity index (χ0v) is 11.9. The van der Waals surface area contributed by atoms with E-state index in [4.69, 9.17) is 0 Å². The minimum atomic E-state index is 0.505. The van der Waals surface area contributed by atoms with Crippen LogP contribution >= 0.6 is 0 Å². The van der Waals surface area contributed by atoms with Gasteiger partial charge in [0.05, 0.1) is 0 Å². The highest BCUT2D eigenvalue weighted by atomic mass is 14.3. The van der Waals surface area contributed by atoms with Crippen molar-refractivity contribution in [3.8, 4) is 11.1 Å². The summed E-state index contributed by atoms with van der Waals surface area (Å²) in [5, 5.41) is 0. The summed E-state index contributed by atoms with van der Waals surface area (Å²) < 4.78 is 0. The molecule has 0 amide bonds. The van der Waals surface area contributed by atoms with E-state index in [1.54, 1.807) is 0 Å². The average molecular weight is 269 g/mol. The normalized spacial score (nSPS) is 16.7. The van der Waals surface area contributed by atoms with Gasteiger partial charge >= 0.3 is 0 Å². The van der Waals surface area contributed by atoms with Crippen LogP contribution in [0.15, 0.2) is 72.8 Å². The van der Waals surface area contributed by atoms with Gasteiger partial charge in [-0.3, -0.25) is 0 Å². The Morgan fingerprint density at radius 1 is 0.762 bits per heavy atom. The van der Waals surface area contributed by atoms with E-state index in [-0.39, 0.29) is 0 Å². The fourth-order valence-corrected chi connectivity index (χ4v) is 3.36. The maximum absolute atomic E-state index is 3.64. The molecule has 0 heterocycles. The van der Waals surface area contributed by atoms with E-state index in [2.05, 4.69) is 78.9 Å². The zero-order valence-electron chi connectivity index (χ0n) is 11.9. The molecule has 0 bridgehead atoms. The molecule has 4 rings (SSSR count). The van der Waals surface area contributed by atoms with E-state index in [1.807, 2.05) is 0 Å². The van der Waals surface area contributed by atoms with Crippen molar-refractivity contribution in [3.63, 3.8) is 0 Å². The summed E-state index contributed by atoms with van der Waals surface area (Å²) in [7, 11) is 0. The van der Waals surface area contributed by atoms with Crippen LogP contribution in [-0.4, -0.2) is 0 Å². The van der Waals surface area contributed by atoms with Gasteiger partial charge in [0.2, 0.25) is 0 Å². The second-order valence-corrected chi connectivity index (χ2v) is 5.68. The van der Waals surface area contributed by atoms with E-state index < -0.39 is 0 Å². The van der Waals surface area contributed by atoms with Gasteiger partial charge in [0.25, 0.3) is 0 Å². The minimum Gasteiger partial charge on any atom is -0.0622 e. The molecule has 0 aromatic heterocycles. The van der Waals surface area contributed by atoms with Crippen LogP contribution in [0.2, 0.25) is 0 Å². The Bertz CT molecular complexity index is 756. The van der Waals surface area contributed by atoms with E-state index in [0.29, 0.717) is 5.92 Å². The topological polar surface area (TPSA) is 0 Å². The first-order valence-electron chi connectivity index (χ1n) is 7.57. The maximum atomic E-state index is 3.64. The highest BCUT2D eigenvalue weighted by Gasteiger charge is 2.23. The summed E-state index contributed by atoms with van der Waals surface area (Å²) >= 11 is 0. The number of rotatable bonds is 2. The average Bonchev–Trinajstić information content (AvgIpc) is 3.00. The molecule has 3 aromatic rings. The fraction of sp³-hybridized carbons (Fsp3) is 0.143. The highest BCUT2D eigenvalue weighted by molar-refractivity contribution is 5.64. The number of hydrogen-bond acceptors (Lipinski definition) is 0. The van der Waals surface area contributed by atoms with Crippen LogP contribution in [-0.2, 0) is 6.42 Å². The van der Waals surface area contributed by atoms with Crippen molar-refractivity contribution in [2.24, 2.45) is 0 Å². The van der Waals surface area contributed by atoms with Crippen LogP contribution in [0.25, 0.3) is 11.1 Å². The SMILES string of the molecule is [c]1c(-c2ccccc2)cccc1C1CCc2ccccc21. The molecule has 1 unspecified atom stereocenters. The smallest absolute Gasteiger partial charge is 0.0102 e. The predicted molar refractivity (Wildman–Crippen MR) is 87.3 cm³/mol. The molecule has 101 valence electrons. The van der Waals surface area contributed by atoms with Crippen LogP contribution < -0.4 is 0 Å². The van der Waals surface area contributed by atoms with Crippen LogP contribution in [0.4, 0.5) is 0 Å². The quantitative estimate of drug-likeness (QED) is 0.597. The molecule has 0 heteroatoms. The number of benzene rings is 3. The summed E-state index contributed by atoms with van der Waals surface area (Å²) in [5.41, 5.74) is 6.74. The van der Waals surface area contributed by atoms with Crippen molar-refractivity contribution < 1.29 is 0 Å². The second-order valence-electron chi connectivity index (χ2n) is 5.68. The molecule has 0 saturated carbocycles. The van der Waals surface area contributed by atoms with Gasteiger partial charge in [-0.25, -0.2) is 0 Å². The Morgan fingerprint density at radius 3 is 2.48 bits per heavy atom. The van der Waals surface area contributed by atoms with Gasteiger partial charge in [-0.15, -0.1) is 0 Å². The number of fused-ring (bicyclic) bond motifs is 1. The molecule has 0 fully saturated rings. The molecule has 0 nitrogen and oxygen atoms in total. The summed E-state index contributed by atoms with van der Waals surface area (Å²) in [6.07, 6.45) is 2.39. The standard InChI is InChI=1S/C21H17/c1-2-7-16(8-3-1)18-10-6-11-19(15-18)21-14-13-17-9-4-5-12-20(17)21/h1-12,21H,13-14H2. The van der Waals surface area contributed by atoms with Crippen molar-refractivity contribution in [2.45, 2.75) is 18.8 Å². The molecular formula is C21H17. The summed E-state index contributed by atoms with van der Waals surface area (Å²) in [5.74, 6) is 0.505. The Balaban J connectivity index is 1.75. The van der Waals surface area contributed by atoms with Gasteiger partial charge in [-0.2, -0.15) is 0 Å². The molecule has 0 aliphatic heterocycles. The Hall–Kier alpha value is -2.34. The van der Waals surface area contributed by atoms with E-state index in [1.165, 1.54) is 40.7 Å². The molecule has 0 N–H and O–H groups in total. The molecule has 1 aliphatic rings. The third-order valence-electron chi connectivity index (χ3n) is 4.41. The lowest BCUT2D eigenvalue weighted by atomic mass is 9.91. The summed E-state index contributed by atoms with van der Waals surface area (Å²) in [4.78, 5) is 0. The van der Waals surface area contributed by atoms with Crippen molar-refractivity contribution in [1.29, 1.82) is 0 Å². The molecule has 0 spiro atoms. The first-order chi connectivity index (χ1) is 10.4. The zero-order chi connectivity index (χ0) is 14.1. The monoisotopic (exact) mass is 269 g/mol. The molecule has 0 saturated heterocycles. The third kappa shape index (κ3) is 2.27. The lowest BCUT2D eigenvalue weighted by Crippen LogP contribution is -1.96. The molecule has 21 heavy (non-hydrogen) atoms. The van der Waals surface area contributed by atoms with Crippen LogP contribution in [0.3, 0.4) is 0 Å². The van der Waals surface area contributed by atoms with Crippen molar-refractivity contribution in [3.05, 3.63) is 95.6 Å². The van der Waals surface area contributed by atoms with Crippen molar-refractivity contribution >= 4 is 0 Å². The van der Waals surface area contributed by atoms with Crippen LogP contribution in [0.5, 0.6) is 0 Å². The van der Waals surface area contributed by atoms with E-state index in [0.717, 1.165) is 0 Å². The predicted octanol–water partition coefficient (Wildman–Crippen LogP) is 5.23. The van der Waals surface area contributed by atoms with Gasteiger partial charge in [-0.1, -0.05) is 72.8 Å². The number of hydrogen-bond donors (Lipinski definition) is 0. The molecule has 1 aliphatic carbocycles. The maximum Gasteiger partial charge on any atom is 0.0102 e. The van der Waals surface area contributed by atoms with Crippen molar-refractivity contribution in [2.75, 3.05) is 0 Å².